The zero-order valence-electron chi connectivity index (χ0n) is 12.7. The smallest absolute Gasteiger partial charge is 0.269 e. The van der Waals surface area contributed by atoms with E-state index in [9.17, 15) is 14.9 Å². The van der Waals surface area contributed by atoms with Crippen LogP contribution >= 0.6 is 0 Å². The number of methoxy groups -OCH3 is 2. The molecule has 2 rings (SSSR count). The number of nitro benzene ring substituents is 1. The number of hydrogen-bond acceptors (Lipinski definition) is 5. The number of nitro groups is 1. The number of rotatable bonds is 6. The minimum Gasteiger partial charge on any atom is -0.497 e. The van der Waals surface area contributed by atoms with Gasteiger partial charge in [-0.05, 0) is 5.56 Å². The van der Waals surface area contributed by atoms with Gasteiger partial charge >= 0.3 is 0 Å². The summed E-state index contributed by atoms with van der Waals surface area (Å²) in [6.45, 7) is 0. The van der Waals surface area contributed by atoms with Crippen molar-refractivity contribution >= 4 is 17.3 Å². The molecule has 0 aromatic heterocycles. The fourth-order valence-electron chi connectivity index (χ4n) is 2.01. The summed E-state index contributed by atoms with van der Waals surface area (Å²) in [6.07, 6.45) is 0.109. The van der Waals surface area contributed by atoms with Crippen molar-refractivity contribution in [3.8, 4) is 11.5 Å². The number of benzene rings is 2. The first-order valence-corrected chi connectivity index (χ1v) is 6.78. The quantitative estimate of drug-likeness (QED) is 0.653. The van der Waals surface area contributed by atoms with Gasteiger partial charge in [0.2, 0.25) is 5.91 Å². The summed E-state index contributed by atoms with van der Waals surface area (Å²) in [5.74, 6) is 0.888. The summed E-state index contributed by atoms with van der Waals surface area (Å²) >= 11 is 0. The topological polar surface area (TPSA) is 90.7 Å². The van der Waals surface area contributed by atoms with Gasteiger partial charge < -0.3 is 14.8 Å². The van der Waals surface area contributed by atoms with Gasteiger partial charge in [0.05, 0.1) is 25.6 Å². The second-order valence-electron chi connectivity index (χ2n) is 4.75. The third-order valence-corrected chi connectivity index (χ3v) is 3.15. The van der Waals surface area contributed by atoms with E-state index < -0.39 is 4.92 Å². The van der Waals surface area contributed by atoms with Crippen LogP contribution in [0.15, 0.2) is 42.5 Å². The standard InChI is InChI=1S/C16H16N2O5/c1-22-14-8-12(9-15(10-14)23-2)17-16(19)7-11-3-5-13(6-4-11)18(20)21/h3-6,8-10H,7H2,1-2H3,(H,17,19). The maximum absolute atomic E-state index is 12.1. The Morgan fingerprint density at radius 3 is 2.13 bits per heavy atom. The normalized spacial score (nSPS) is 10.0. The zero-order chi connectivity index (χ0) is 16.8. The van der Waals surface area contributed by atoms with E-state index in [2.05, 4.69) is 5.32 Å². The molecule has 0 spiro atoms. The molecule has 23 heavy (non-hydrogen) atoms. The highest BCUT2D eigenvalue weighted by Crippen LogP contribution is 2.25. The second kappa shape index (κ2) is 7.26. The van der Waals surface area contributed by atoms with Gasteiger partial charge in [-0.2, -0.15) is 0 Å². The molecule has 0 saturated carbocycles. The molecule has 0 aliphatic carbocycles. The highest BCUT2D eigenvalue weighted by atomic mass is 16.6. The molecule has 0 atom stereocenters. The summed E-state index contributed by atoms with van der Waals surface area (Å²) in [6, 6.07) is 10.9. The van der Waals surface area contributed by atoms with Crippen LogP contribution in [0, 0.1) is 10.1 Å². The average molecular weight is 316 g/mol. The Kier molecular flexibility index (Phi) is 5.14. The first kappa shape index (κ1) is 16.3. The average Bonchev–Trinajstić information content (AvgIpc) is 2.54. The molecule has 0 fully saturated rings. The highest BCUT2D eigenvalue weighted by molar-refractivity contribution is 5.92. The molecule has 0 radical (unpaired) electrons. The lowest BCUT2D eigenvalue weighted by molar-refractivity contribution is -0.384. The zero-order valence-corrected chi connectivity index (χ0v) is 12.7. The Morgan fingerprint density at radius 2 is 1.65 bits per heavy atom. The maximum Gasteiger partial charge on any atom is 0.269 e. The molecular weight excluding hydrogens is 300 g/mol. The fraction of sp³-hybridized carbons (Fsp3) is 0.188. The van der Waals surface area contributed by atoms with Crippen LogP contribution in [0.1, 0.15) is 5.56 Å². The summed E-state index contributed by atoms with van der Waals surface area (Å²) in [7, 11) is 3.05. The van der Waals surface area contributed by atoms with Gasteiger partial charge in [-0.15, -0.1) is 0 Å². The van der Waals surface area contributed by atoms with Crippen molar-refractivity contribution in [2.24, 2.45) is 0 Å². The van der Waals surface area contributed by atoms with E-state index in [1.165, 1.54) is 26.4 Å². The maximum atomic E-state index is 12.1. The van der Waals surface area contributed by atoms with Crippen LogP contribution in [0.4, 0.5) is 11.4 Å². The molecule has 1 N–H and O–H groups in total. The van der Waals surface area contributed by atoms with Crippen LogP contribution in [0.3, 0.4) is 0 Å². The molecular formula is C16H16N2O5. The number of nitrogens with zero attached hydrogens (tertiary/aromatic N) is 1. The molecule has 0 unspecified atom stereocenters. The summed E-state index contributed by atoms with van der Waals surface area (Å²) in [5.41, 5.74) is 1.22. The van der Waals surface area contributed by atoms with Gasteiger partial charge in [0.15, 0.2) is 0 Å². The van der Waals surface area contributed by atoms with Gasteiger partial charge in [-0.3, -0.25) is 14.9 Å². The number of carbonyl (C=O) groups is 1. The summed E-state index contributed by atoms with van der Waals surface area (Å²) < 4.78 is 10.3. The first-order chi connectivity index (χ1) is 11.0. The van der Waals surface area contributed by atoms with Gasteiger partial charge in [0.25, 0.3) is 5.69 Å². The number of hydrogen-bond donors (Lipinski definition) is 1. The summed E-state index contributed by atoms with van der Waals surface area (Å²) in [4.78, 5) is 22.2. The number of anilines is 1. The molecule has 1 amide bonds. The number of amides is 1. The van der Waals surface area contributed by atoms with Crippen LogP contribution in [0.2, 0.25) is 0 Å². The largest absolute Gasteiger partial charge is 0.497 e. The van der Waals surface area contributed by atoms with Crippen LogP contribution in [0.5, 0.6) is 11.5 Å². The van der Waals surface area contributed by atoms with E-state index in [-0.39, 0.29) is 18.0 Å². The predicted molar refractivity (Wildman–Crippen MR) is 85.0 cm³/mol. The molecule has 0 aliphatic heterocycles. The van der Waals surface area contributed by atoms with Crippen molar-refractivity contribution in [2.45, 2.75) is 6.42 Å². The molecule has 0 aliphatic rings. The van der Waals surface area contributed by atoms with E-state index in [1.54, 1.807) is 30.3 Å². The molecule has 7 heteroatoms. The van der Waals surface area contributed by atoms with Crippen LogP contribution in [-0.4, -0.2) is 25.1 Å². The molecule has 7 nitrogen and oxygen atoms in total. The van der Waals surface area contributed by atoms with Gasteiger partial charge in [-0.1, -0.05) is 12.1 Å². The predicted octanol–water partition coefficient (Wildman–Crippen LogP) is 2.79. The van der Waals surface area contributed by atoms with Gasteiger partial charge in [-0.25, -0.2) is 0 Å². The van der Waals surface area contributed by atoms with Crippen LogP contribution in [0.25, 0.3) is 0 Å². The lowest BCUT2D eigenvalue weighted by Crippen LogP contribution is -2.14. The molecule has 2 aromatic carbocycles. The van der Waals surface area contributed by atoms with Crippen molar-refractivity contribution in [3.05, 3.63) is 58.1 Å². The highest BCUT2D eigenvalue weighted by Gasteiger charge is 2.09. The Hall–Kier alpha value is -3.09. The minimum atomic E-state index is -0.480. The van der Waals surface area contributed by atoms with E-state index in [0.29, 0.717) is 22.7 Å². The minimum absolute atomic E-state index is 0.00769. The van der Waals surface area contributed by atoms with Gasteiger partial charge in [0.1, 0.15) is 11.5 Å². The SMILES string of the molecule is COc1cc(NC(=O)Cc2ccc([N+](=O)[O-])cc2)cc(OC)c1. The summed E-state index contributed by atoms with van der Waals surface area (Å²) in [5, 5.41) is 13.3. The lowest BCUT2D eigenvalue weighted by atomic mass is 10.1. The third-order valence-electron chi connectivity index (χ3n) is 3.15. The molecule has 0 saturated heterocycles. The van der Waals surface area contributed by atoms with E-state index in [4.69, 9.17) is 9.47 Å². The van der Waals surface area contributed by atoms with Crippen molar-refractivity contribution < 1.29 is 19.2 Å². The lowest BCUT2D eigenvalue weighted by Gasteiger charge is -2.10. The Balaban J connectivity index is 2.05. The Labute approximate surface area is 133 Å². The van der Waals surface area contributed by atoms with E-state index in [0.717, 1.165) is 0 Å². The third kappa shape index (κ3) is 4.44. The second-order valence-corrected chi connectivity index (χ2v) is 4.75. The molecule has 120 valence electrons. The number of nitrogens with one attached hydrogen (secondary N) is 1. The van der Waals surface area contributed by atoms with E-state index >= 15 is 0 Å². The monoisotopic (exact) mass is 316 g/mol. The van der Waals surface area contributed by atoms with Crippen LogP contribution < -0.4 is 14.8 Å². The van der Waals surface area contributed by atoms with Crippen molar-refractivity contribution in [3.63, 3.8) is 0 Å². The number of carbonyl (C=O) groups excluding carboxylic acids is 1. The molecule has 2 aromatic rings. The Bertz CT molecular complexity index is 691. The number of non-ortho nitro benzene ring substituents is 1. The molecule has 0 bridgehead atoms. The van der Waals surface area contributed by atoms with Crippen molar-refractivity contribution in [1.29, 1.82) is 0 Å². The van der Waals surface area contributed by atoms with E-state index in [1.807, 2.05) is 0 Å². The van der Waals surface area contributed by atoms with Crippen molar-refractivity contribution in [2.75, 3.05) is 19.5 Å². The fourth-order valence-corrected chi connectivity index (χ4v) is 2.01. The number of ether oxygens (including phenoxy) is 2. The van der Waals surface area contributed by atoms with Crippen LogP contribution in [-0.2, 0) is 11.2 Å². The van der Waals surface area contributed by atoms with Crippen molar-refractivity contribution in [1.82, 2.24) is 0 Å². The molecule has 0 heterocycles. The first-order valence-electron chi connectivity index (χ1n) is 6.78. The van der Waals surface area contributed by atoms with Gasteiger partial charge in [0, 0.05) is 36.0 Å². The Morgan fingerprint density at radius 1 is 1.09 bits per heavy atom.